The third-order valence-electron chi connectivity index (χ3n) is 5.45. The Labute approximate surface area is 198 Å². The van der Waals surface area contributed by atoms with Gasteiger partial charge in [-0.05, 0) is 56.4 Å². The SMILES string of the molecule is CCN(CC)CCCN(CC(=O)N(C)c1ccc(Cl)cc1C(=O)c1ccccc1F)C(=O)O. The highest BCUT2D eigenvalue weighted by molar-refractivity contribution is 6.31. The molecule has 0 atom stereocenters. The summed E-state index contributed by atoms with van der Waals surface area (Å²) in [5.74, 6) is -1.84. The molecule has 2 aromatic carbocycles. The van der Waals surface area contributed by atoms with Gasteiger partial charge in [0.1, 0.15) is 12.4 Å². The van der Waals surface area contributed by atoms with E-state index in [1.165, 1.54) is 48.3 Å². The molecule has 0 aliphatic rings. The molecule has 2 amide bonds. The van der Waals surface area contributed by atoms with E-state index in [4.69, 9.17) is 11.6 Å². The van der Waals surface area contributed by atoms with Crippen LogP contribution in [0.4, 0.5) is 14.9 Å². The number of anilines is 1. The zero-order chi connectivity index (χ0) is 24.5. The van der Waals surface area contributed by atoms with Gasteiger partial charge in [-0.2, -0.15) is 0 Å². The number of carbonyl (C=O) groups is 3. The summed E-state index contributed by atoms with van der Waals surface area (Å²) in [5, 5.41) is 9.79. The number of carbonyl (C=O) groups excluding carboxylic acids is 2. The third-order valence-corrected chi connectivity index (χ3v) is 5.69. The van der Waals surface area contributed by atoms with Gasteiger partial charge >= 0.3 is 6.09 Å². The normalized spacial score (nSPS) is 10.8. The smallest absolute Gasteiger partial charge is 0.407 e. The Kier molecular flexibility index (Phi) is 9.81. The molecule has 2 rings (SSSR count). The van der Waals surface area contributed by atoms with Crippen molar-refractivity contribution in [2.75, 3.05) is 44.7 Å². The van der Waals surface area contributed by atoms with Crippen molar-refractivity contribution in [3.63, 3.8) is 0 Å². The summed E-state index contributed by atoms with van der Waals surface area (Å²) in [5.41, 5.74) is 0.114. The second kappa shape index (κ2) is 12.3. The quantitative estimate of drug-likeness (QED) is 0.485. The Morgan fingerprint density at radius 3 is 2.27 bits per heavy atom. The van der Waals surface area contributed by atoms with Crippen LogP contribution in [0.2, 0.25) is 5.02 Å². The van der Waals surface area contributed by atoms with Crippen LogP contribution in [0.5, 0.6) is 0 Å². The molecule has 0 aromatic heterocycles. The van der Waals surface area contributed by atoms with E-state index in [1.54, 1.807) is 6.07 Å². The van der Waals surface area contributed by atoms with E-state index in [0.29, 0.717) is 6.42 Å². The molecular weight excluding hydrogens is 449 g/mol. The summed E-state index contributed by atoms with van der Waals surface area (Å²) in [6, 6.07) is 9.91. The van der Waals surface area contributed by atoms with Crippen LogP contribution in [-0.2, 0) is 4.79 Å². The fourth-order valence-corrected chi connectivity index (χ4v) is 3.62. The van der Waals surface area contributed by atoms with Crippen LogP contribution in [0.15, 0.2) is 42.5 Å². The minimum Gasteiger partial charge on any atom is -0.465 e. The maximum Gasteiger partial charge on any atom is 0.407 e. The number of halogens is 2. The molecule has 1 N–H and O–H groups in total. The lowest BCUT2D eigenvalue weighted by Gasteiger charge is -2.25. The van der Waals surface area contributed by atoms with Gasteiger partial charge in [-0.15, -0.1) is 0 Å². The van der Waals surface area contributed by atoms with E-state index in [0.717, 1.165) is 24.5 Å². The van der Waals surface area contributed by atoms with Gasteiger partial charge in [0.15, 0.2) is 5.78 Å². The number of amides is 2. The van der Waals surface area contributed by atoms with E-state index >= 15 is 0 Å². The Morgan fingerprint density at radius 1 is 1.00 bits per heavy atom. The lowest BCUT2D eigenvalue weighted by Crippen LogP contribution is -2.42. The molecule has 0 heterocycles. The predicted octanol–water partition coefficient (Wildman–Crippen LogP) is 4.38. The number of ketones is 1. The number of carboxylic acid groups (broad SMARTS) is 1. The molecule has 0 unspecified atom stereocenters. The van der Waals surface area contributed by atoms with E-state index in [1.807, 2.05) is 13.8 Å². The van der Waals surface area contributed by atoms with Gasteiger partial charge in [0, 0.05) is 24.2 Å². The molecule has 9 heteroatoms. The van der Waals surface area contributed by atoms with Crippen molar-refractivity contribution in [2.24, 2.45) is 0 Å². The molecule has 0 aliphatic carbocycles. The molecule has 0 bridgehead atoms. The third kappa shape index (κ3) is 7.00. The Balaban J connectivity index is 2.21. The molecule has 0 aliphatic heterocycles. The molecular formula is C24H29ClFN3O4. The van der Waals surface area contributed by atoms with E-state index in [9.17, 15) is 23.9 Å². The van der Waals surface area contributed by atoms with Crippen molar-refractivity contribution in [1.29, 1.82) is 0 Å². The Morgan fingerprint density at radius 2 is 1.67 bits per heavy atom. The van der Waals surface area contributed by atoms with Gasteiger partial charge in [-0.25, -0.2) is 9.18 Å². The van der Waals surface area contributed by atoms with Gasteiger partial charge < -0.3 is 14.9 Å². The maximum absolute atomic E-state index is 14.2. The maximum atomic E-state index is 14.2. The van der Waals surface area contributed by atoms with Gasteiger partial charge in [-0.1, -0.05) is 37.6 Å². The summed E-state index contributed by atoms with van der Waals surface area (Å²) in [6.45, 7) is 6.33. The number of hydrogen-bond donors (Lipinski definition) is 1. The van der Waals surface area contributed by atoms with Crippen molar-refractivity contribution >= 4 is 35.1 Å². The van der Waals surface area contributed by atoms with Gasteiger partial charge in [0.2, 0.25) is 5.91 Å². The van der Waals surface area contributed by atoms with Crippen molar-refractivity contribution in [3.8, 4) is 0 Å². The first-order valence-electron chi connectivity index (χ1n) is 10.7. The van der Waals surface area contributed by atoms with Crippen molar-refractivity contribution in [1.82, 2.24) is 9.80 Å². The topological polar surface area (TPSA) is 81.2 Å². The highest BCUT2D eigenvalue weighted by Gasteiger charge is 2.24. The number of rotatable bonds is 11. The van der Waals surface area contributed by atoms with Crippen LogP contribution in [0.25, 0.3) is 0 Å². The average Bonchev–Trinajstić information content (AvgIpc) is 2.80. The molecule has 0 fully saturated rings. The minimum absolute atomic E-state index is 0.0480. The van der Waals surface area contributed by atoms with Gasteiger partial charge in [0.25, 0.3) is 0 Å². The molecule has 0 spiro atoms. The summed E-state index contributed by atoms with van der Waals surface area (Å²) < 4.78 is 14.2. The van der Waals surface area contributed by atoms with Crippen LogP contribution in [-0.4, -0.2) is 72.5 Å². The summed E-state index contributed by atoms with van der Waals surface area (Å²) in [7, 11) is 1.44. The first-order valence-corrected chi connectivity index (χ1v) is 11.1. The van der Waals surface area contributed by atoms with Gasteiger partial charge in [-0.3, -0.25) is 14.5 Å². The summed E-state index contributed by atoms with van der Waals surface area (Å²) in [6.07, 6.45) is -0.613. The fourth-order valence-electron chi connectivity index (χ4n) is 3.44. The summed E-state index contributed by atoms with van der Waals surface area (Å²) in [4.78, 5) is 42.0. The highest BCUT2D eigenvalue weighted by atomic mass is 35.5. The van der Waals surface area contributed by atoms with Crippen LogP contribution >= 0.6 is 11.6 Å². The van der Waals surface area contributed by atoms with E-state index in [2.05, 4.69) is 4.90 Å². The van der Waals surface area contributed by atoms with Gasteiger partial charge in [0.05, 0.1) is 11.3 Å². The lowest BCUT2D eigenvalue weighted by atomic mass is 10.0. The molecule has 2 aromatic rings. The van der Waals surface area contributed by atoms with Crippen LogP contribution < -0.4 is 4.90 Å². The largest absolute Gasteiger partial charge is 0.465 e. The Hall–Kier alpha value is -2.97. The van der Waals surface area contributed by atoms with E-state index in [-0.39, 0.29) is 34.9 Å². The van der Waals surface area contributed by atoms with Crippen molar-refractivity contribution < 1.29 is 23.9 Å². The minimum atomic E-state index is -1.20. The zero-order valence-electron chi connectivity index (χ0n) is 19.1. The van der Waals surface area contributed by atoms with Crippen molar-refractivity contribution in [2.45, 2.75) is 20.3 Å². The standard InChI is InChI=1S/C24H29ClFN3O4/c1-4-28(5-2)13-8-14-29(24(32)33)16-22(30)27(3)21-12-11-17(25)15-19(21)23(31)18-9-6-7-10-20(18)26/h6-7,9-12,15H,4-5,8,13-14,16H2,1-3H3,(H,32,33). The second-order valence-electron chi connectivity index (χ2n) is 7.51. The molecule has 0 radical (unpaired) electrons. The predicted molar refractivity (Wildman–Crippen MR) is 127 cm³/mol. The van der Waals surface area contributed by atoms with Crippen molar-refractivity contribution in [3.05, 3.63) is 64.4 Å². The zero-order valence-corrected chi connectivity index (χ0v) is 19.8. The first-order chi connectivity index (χ1) is 15.7. The number of hydrogen-bond acceptors (Lipinski definition) is 4. The average molecular weight is 478 g/mol. The summed E-state index contributed by atoms with van der Waals surface area (Å²) >= 11 is 6.07. The first kappa shape index (κ1) is 26.3. The number of likely N-dealkylation sites (N-methyl/N-ethyl adjacent to an activating group) is 1. The van der Waals surface area contributed by atoms with Crippen LogP contribution in [0.3, 0.4) is 0 Å². The number of benzene rings is 2. The fraction of sp³-hybridized carbons (Fsp3) is 0.375. The number of nitrogens with zero attached hydrogens (tertiary/aromatic N) is 3. The molecule has 0 saturated heterocycles. The second-order valence-corrected chi connectivity index (χ2v) is 7.94. The molecule has 178 valence electrons. The molecule has 7 nitrogen and oxygen atoms in total. The van der Waals surface area contributed by atoms with Crippen LogP contribution in [0.1, 0.15) is 36.2 Å². The van der Waals surface area contributed by atoms with E-state index < -0.39 is 23.6 Å². The monoisotopic (exact) mass is 477 g/mol. The van der Waals surface area contributed by atoms with Crippen LogP contribution in [0, 0.1) is 5.82 Å². The Bertz CT molecular complexity index is 997. The molecule has 33 heavy (non-hydrogen) atoms. The highest BCUT2D eigenvalue weighted by Crippen LogP contribution is 2.27. The molecule has 0 saturated carbocycles. The lowest BCUT2D eigenvalue weighted by molar-refractivity contribution is -0.119.